The standard InChI is InChI=1S/C19H18FNO6/c20-13-3-1-4-15(9-13)26-12-19(23)27-11-18(22)21-14-5-6-16-17(10-14)25-8-2-7-24-16/h1,3-6,9-10H,2,7-8,11-12H2,(H,21,22). The lowest BCUT2D eigenvalue weighted by atomic mass is 10.2. The lowest BCUT2D eigenvalue weighted by Gasteiger charge is -2.11. The van der Waals surface area contributed by atoms with Crippen LogP contribution in [-0.4, -0.2) is 38.3 Å². The lowest BCUT2D eigenvalue weighted by molar-refractivity contribution is -0.149. The van der Waals surface area contributed by atoms with Gasteiger partial charge in [-0.25, -0.2) is 9.18 Å². The number of rotatable bonds is 6. The van der Waals surface area contributed by atoms with Gasteiger partial charge in [0.2, 0.25) is 0 Å². The Labute approximate surface area is 155 Å². The third kappa shape index (κ3) is 5.60. The highest BCUT2D eigenvalue weighted by Gasteiger charge is 2.13. The van der Waals surface area contributed by atoms with E-state index in [1.165, 1.54) is 18.2 Å². The summed E-state index contributed by atoms with van der Waals surface area (Å²) in [5.74, 6) is -0.368. The predicted molar refractivity (Wildman–Crippen MR) is 93.5 cm³/mol. The van der Waals surface area contributed by atoms with Gasteiger partial charge in [-0.05, 0) is 24.3 Å². The summed E-state index contributed by atoms with van der Waals surface area (Å²) >= 11 is 0. The van der Waals surface area contributed by atoms with E-state index in [9.17, 15) is 14.0 Å². The van der Waals surface area contributed by atoms with Crippen molar-refractivity contribution in [1.29, 1.82) is 0 Å². The van der Waals surface area contributed by atoms with Gasteiger partial charge in [-0.1, -0.05) is 6.07 Å². The number of ether oxygens (including phenoxy) is 4. The van der Waals surface area contributed by atoms with Crippen molar-refractivity contribution < 1.29 is 32.9 Å². The number of nitrogens with one attached hydrogen (secondary N) is 1. The van der Waals surface area contributed by atoms with Gasteiger partial charge in [0.25, 0.3) is 5.91 Å². The first-order valence-electron chi connectivity index (χ1n) is 8.33. The summed E-state index contributed by atoms with van der Waals surface area (Å²) in [6.45, 7) is 0.209. The maximum atomic E-state index is 13.0. The Morgan fingerprint density at radius 3 is 2.67 bits per heavy atom. The number of benzene rings is 2. The van der Waals surface area contributed by atoms with E-state index in [0.29, 0.717) is 30.4 Å². The fraction of sp³-hybridized carbons (Fsp3) is 0.263. The van der Waals surface area contributed by atoms with Crippen molar-refractivity contribution in [2.24, 2.45) is 0 Å². The van der Waals surface area contributed by atoms with Crippen molar-refractivity contribution in [3.8, 4) is 17.2 Å². The number of fused-ring (bicyclic) bond motifs is 1. The third-order valence-corrected chi connectivity index (χ3v) is 3.55. The molecule has 27 heavy (non-hydrogen) atoms. The van der Waals surface area contributed by atoms with E-state index in [1.54, 1.807) is 18.2 Å². The Kier molecular flexibility index (Phi) is 6.09. The summed E-state index contributed by atoms with van der Waals surface area (Å²) < 4.78 is 34.0. The molecular weight excluding hydrogens is 357 g/mol. The maximum absolute atomic E-state index is 13.0. The quantitative estimate of drug-likeness (QED) is 0.782. The zero-order chi connectivity index (χ0) is 19.1. The Balaban J connectivity index is 1.44. The molecule has 3 rings (SSSR count). The van der Waals surface area contributed by atoms with Crippen LogP contribution in [0.1, 0.15) is 6.42 Å². The molecule has 0 atom stereocenters. The molecule has 0 bridgehead atoms. The molecule has 2 aromatic rings. The third-order valence-electron chi connectivity index (χ3n) is 3.55. The van der Waals surface area contributed by atoms with Crippen LogP contribution in [0.5, 0.6) is 17.2 Å². The highest BCUT2D eigenvalue weighted by atomic mass is 19.1. The van der Waals surface area contributed by atoms with Crippen LogP contribution in [-0.2, 0) is 14.3 Å². The van der Waals surface area contributed by atoms with Crippen molar-refractivity contribution in [2.75, 3.05) is 31.7 Å². The lowest BCUT2D eigenvalue weighted by Crippen LogP contribution is -2.23. The maximum Gasteiger partial charge on any atom is 0.344 e. The second-order valence-electron chi connectivity index (χ2n) is 5.67. The number of carbonyl (C=O) groups excluding carboxylic acids is 2. The molecule has 0 saturated heterocycles. The first-order valence-corrected chi connectivity index (χ1v) is 8.33. The Hall–Kier alpha value is -3.29. The summed E-state index contributed by atoms with van der Waals surface area (Å²) in [6, 6.07) is 10.4. The van der Waals surface area contributed by atoms with Gasteiger partial charge in [0.05, 0.1) is 13.2 Å². The summed E-state index contributed by atoms with van der Waals surface area (Å²) in [5.41, 5.74) is 0.497. The molecule has 1 heterocycles. The van der Waals surface area contributed by atoms with E-state index in [4.69, 9.17) is 18.9 Å². The van der Waals surface area contributed by atoms with E-state index >= 15 is 0 Å². The van der Waals surface area contributed by atoms with Crippen molar-refractivity contribution >= 4 is 17.6 Å². The molecule has 1 aliphatic heterocycles. The normalized spacial score (nSPS) is 12.6. The first-order chi connectivity index (χ1) is 13.1. The van der Waals surface area contributed by atoms with Crippen molar-refractivity contribution in [1.82, 2.24) is 0 Å². The zero-order valence-corrected chi connectivity index (χ0v) is 14.4. The molecule has 1 amide bonds. The van der Waals surface area contributed by atoms with E-state index in [0.717, 1.165) is 12.5 Å². The van der Waals surface area contributed by atoms with Crippen LogP contribution in [0.25, 0.3) is 0 Å². The number of hydrogen-bond donors (Lipinski definition) is 1. The minimum atomic E-state index is -0.743. The minimum Gasteiger partial charge on any atom is -0.490 e. The number of carbonyl (C=O) groups is 2. The molecule has 1 aliphatic rings. The molecule has 0 fully saturated rings. The molecule has 0 saturated carbocycles. The average molecular weight is 375 g/mol. The largest absolute Gasteiger partial charge is 0.490 e. The molecule has 0 unspecified atom stereocenters. The van der Waals surface area contributed by atoms with Gasteiger partial charge in [-0.3, -0.25) is 4.79 Å². The van der Waals surface area contributed by atoms with Crippen LogP contribution in [0.2, 0.25) is 0 Å². The van der Waals surface area contributed by atoms with Gasteiger partial charge in [-0.15, -0.1) is 0 Å². The Bertz CT molecular complexity index is 826. The minimum absolute atomic E-state index is 0.198. The fourth-order valence-corrected chi connectivity index (χ4v) is 2.32. The van der Waals surface area contributed by atoms with Crippen molar-refractivity contribution in [3.05, 3.63) is 48.3 Å². The van der Waals surface area contributed by atoms with Gasteiger partial charge in [0.15, 0.2) is 24.7 Å². The van der Waals surface area contributed by atoms with Gasteiger partial charge in [0.1, 0.15) is 11.6 Å². The highest BCUT2D eigenvalue weighted by molar-refractivity contribution is 5.93. The number of anilines is 1. The Morgan fingerprint density at radius 1 is 1.04 bits per heavy atom. The number of esters is 1. The Morgan fingerprint density at radius 2 is 1.85 bits per heavy atom. The fourth-order valence-electron chi connectivity index (χ4n) is 2.32. The van der Waals surface area contributed by atoms with E-state index < -0.39 is 30.9 Å². The molecule has 0 aromatic heterocycles. The second kappa shape index (κ2) is 8.88. The first kappa shape index (κ1) is 18.5. The van der Waals surface area contributed by atoms with Crippen molar-refractivity contribution in [3.63, 3.8) is 0 Å². The van der Waals surface area contributed by atoms with Gasteiger partial charge >= 0.3 is 5.97 Å². The summed E-state index contributed by atoms with van der Waals surface area (Å²) in [6.07, 6.45) is 0.782. The second-order valence-corrected chi connectivity index (χ2v) is 5.67. The molecule has 0 aliphatic carbocycles. The smallest absolute Gasteiger partial charge is 0.344 e. The molecular formula is C19H18FNO6. The molecule has 0 spiro atoms. The van der Waals surface area contributed by atoms with Crippen LogP contribution in [0.4, 0.5) is 10.1 Å². The average Bonchev–Trinajstić information content (AvgIpc) is 2.90. The number of amides is 1. The van der Waals surface area contributed by atoms with Crippen LogP contribution in [0.15, 0.2) is 42.5 Å². The number of halogens is 1. The van der Waals surface area contributed by atoms with E-state index in [1.807, 2.05) is 0 Å². The monoisotopic (exact) mass is 375 g/mol. The summed E-state index contributed by atoms with van der Waals surface area (Å²) in [5, 5.41) is 2.61. The molecule has 142 valence electrons. The zero-order valence-electron chi connectivity index (χ0n) is 14.4. The van der Waals surface area contributed by atoms with Crippen LogP contribution >= 0.6 is 0 Å². The summed E-state index contributed by atoms with van der Waals surface area (Å²) in [7, 11) is 0. The van der Waals surface area contributed by atoms with Gasteiger partial charge < -0.3 is 24.3 Å². The van der Waals surface area contributed by atoms with Crippen LogP contribution < -0.4 is 19.5 Å². The number of hydrogen-bond acceptors (Lipinski definition) is 6. The van der Waals surface area contributed by atoms with E-state index in [-0.39, 0.29) is 5.75 Å². The molecule has 0 radical (unpaired) electrons. The van der Waals surface area contributed by atoms with Gasteiger partial charge in [-0.2, -0.15) is 0 Å². The topological polar surface area (TPSA) is 83.1 Å². The highest BCUT2D eigenvalue weighted by Crippen LogP contribution is 2.32. The SMILES string of the molecule is O=C(COC(=O)COc1cccc(F)c1)Nc1ccc2c(c1)OCCCO2. The van der Waals surface area contributed by atoms with Crippen LogP contribution in [0, 0.1) is 5.82 Å². The molecule has 8 heteroatoms. The van der Waals surface area contributed by atoms with Crippen molar-refractivity contribution in [2.45, 2.75) is 6.42 Å². The predicted octanol–water partition coefficient (Wildman–Crippen LogP) is 2.55. The summed E-state index contributed by atoms with van der Waals surface area (Å²) in [4.78, 5) is 23.6. The van der Waals surface area contributed by atoms with Gasteiger partial charge in [0, 0.05) is 24.2 Å². The molecule has 1 N–H and O–H groups in total. The molecule has 7 nitrogen and oxygen atoms in total. The molecule has 2 aromatic carbocycles. The van der Waals surface area contributed by atoms with E-state index in [2.05, 4.69) is 5.32 Å². The van der Waals surface area contributed by atoms with Crippen LogP contribution in [0.3, 0.4) is 0 Å².